The van der Waals surface area contributed by atoms with Gasteiger partial charge in [0.1, 0.15) is 0 Å². The summed E-state index contributed by atoms with van der Waals surface area (Å²) in [6.45, 7) is 0.0427. The molecule has 0 bridgehead atoms. The van der Waals surface area contributed by atoms with Crippen LogP contribution in [0.15, 0.2) is 16.7 Å². The average molecular weight is 354 g/mol. The second-order valence-electron chi connectivity index (χ2n) is 4.58. The Morgan fingerprint density at radius 2 is 2.20 bits per heavy atom. The third-order valence-electron chi connectivity index (χ3n) is 3.19. The third kappa shape index (κ3) is 3.20. The van der Waals surface area contributed by atoms with Crippen molar-refractivity contribution in [3.8, 4) is 0 Å². The van der Waals surface area contributed by atoms with Gasteiger partial charge in [-0.25, -0.2) is 4.98 Å². The van der Waals surface area contributed by atoms with E-state index in [0.717, 1.165) is 0 Å². The standard InChI is InChI=1S/C11H11BrF3N3O2/c12-8-4-9(18(19)20)10(16-5-8)17-3-1-2-7(6-17)11(13,14)15/h4-5,7H,1-3,6H2. The molecule has 1 aromatic heterocycles. The van der Waals surface area contributed by atoms with Crippen LogP contribution in [0.4, 0.5) is 24.7 Å². The van der Waals surface area contributed by atoms with E-state index in [-0.39, 0.29) is 24.5 Å². The summed E-state index contributed by atoms with van der Waals surface area (Å²) in [6.07, 6.45) is -2.56. The molecule has 0 amide bonds. The smallest absolute Gasteiger partial charge is 0.350 e. The lowest BCUT2D eigenvalue weighted by molar-refractivity contribution is -0.384. The molecule has 1 saturated heterocycles. The van der Waals surface area contributed by atoms with Gasteiger partial charge in [-0.3, -0.25) is 10.1 Å². The lowest BCUT2D eigenvalue weighted by atomic mass is 9.97. The molecule has 110 valence electrons. The predicted octanol–water partition coefficient (Wildman–Crippen LogP) is 3.53. The number of halogens is 4. The van der Waals surface area contributed by atoms with Crippen molar-refractivity contribution in [1.29, 1.82) is 0 Å². The molecule has 0 aliphatic carbocycles. The fourth-order valence-corrected chi connectivity index (χ4v) is 2.56. The summed E-state index contributed by atoms with van der Waals surface area (Å²) in [5, 5.41) is 11.0. The first-order valence-corrected chi connectivity index (χ1v) is 6.70. The molecule has 2 heterocycles. The van der Waals surface area contributed by atoms with E-state index in [1.807, 2.05) is 0 Å². The van der Waals surface area contributed by atoms with Crippen LogP contribution in [0.25, 0.3) is 0 Å². The molecule has 9 heteroatoms. The molecule has 1 atom stereocenters. The Kier molecular flexibility index (Phi) is 4.17. The van der Waals surface area contributed by atoms with E-state index in [1.165, 1.54) is 17.2 Å². The van der Waals surface area contributed by atoms with Crippen molar-refractivity contribution in [2.75, 3.05) is 18.0 Å². The van der Waals surface area contributed by atoms with E-state index in [9.17, 15) is 23.3 Å². The van der Waals surface area contributed by atoms with Gasteiger partial charge in [0, 0.05) is 29.8 Å². The summed E-state index contributed by atoms with van der Waals surface area (Å²) in [4.78, 5) is 15.6. The molecule has 0 N–H and O–H groups in total. The Hall–Kier alpha value is -1.38. The first-order chi connectivity index (χ1) is 9.29. The van der Waals surface area contributed by atoms with Gasteiger partial charge in [0.15, 0.2) is 0 Å². The van der Waals surface area contributed by atoms with E-state index < -0.39 is 17.0 Å². The minimum atomic E-state index is -4.29. The highest BCUT2D eigenvalue weighted by molar-refractivity contribution is 9.10. The maximum Gasteiger partial charge on any atom is 0.393 e. The molecule has 1 fully saturated rings. The van der Waals surface area contributed by atoms with Crippen LogP contribution in [0.1, 0.15) is 12.8 Å². The van der Waals surface area contributed by atoms with Crippen LogP contribution < -0.4 is 4.90 Å². The number of hydrogen-bond acceptors (Lipinski definition) is 4. The van der Waals surface area contributed by atoms with Gasteiger partial charge in [0.2, 0.25) is 5.82 Å². The highest BCUT2D eigenvalue weighted by atomic mass is 79.9. The quantitative estimate of drug-likeness (QED) is 0.602. The van der Waals surface area contributed by atoms with Gasteiger partial charge in [-0.1, -0.05) is 0 Å². The van der Waals surface area contributed by atoms with Gasteiger partial charge in [-0.05, 0) is 28.8 Å². The SMILES string of the molecule is O=[N+]([O-])c1cc(Br)cnc1N1CCCC(C(F)(F)F)C1. The van der Waals surface area contributed by atoms with Crippen molar-refractivity contribution < 1.29 is 18.1 Å². The fraction of sp³-hybridized carbons (Fsp3) is 0.545. The Balaban J connectivity index is 2.29. The highest BCUT2D eigenvalue weighted by Gasteiger charge is 2.42. The molecule has 1 unspecified atom stereocenters. The number of aromatic nitrogens is 1. The number of nitro groups is 1. The van der Waals surface area contributed by atoms with Crippen LogP contribution in [0.2, 0.25) is 0 Å². The summed E-state index contributed by atoms with van der Waals surface area (Å²) in [5.41, 5.74) is -0.290. The zero-order chi connectivity index (χ0) is 14.9. The number of pyridine rings is 1. The summed E-state index contributed by atoms with van der Waals surface area (Å²) in [7, 11) is 0. The van der Waals surface area contributed by atoms with Gasteiger partial charge in [0.05, 0.1) is 10.8 Å². The Morgan fingerprint density at radius 3 is 2.80 bits per heavy atom. The van der Waals surface area contributed by atoms with E-state index in [4.69, 9.17) is 0 Å². The van der Waals surface area contributed by atoms with Crippen LogP contribution in [0, 0.1) is 16.0 Å². The van der Waals surface area contributed by atoms with Gasteiger partial charge in [-0.2, -0.15) is 13.2 Å². The number of alkyl halides is 3. The van der Waals surface area contributed by atoms with Crippen LogP contribution in [0.5, 0.6) is 0 Å². The van der Waals surface area contributed by atoms with Gasteiger partial charge >= 0.3 is 11.9 Å². The molecule has 0 aromatic carbocycles. The second kappa shape index (κ2) is 5.55. The summed E-state index contributed by atoms with van der Waals surface area (Å²) in [5.74, 6) is -1.48. The molecule has 20 heavy (non-hydrogen) atoms. The summed E-state index contributed by atoms with van der Waals surface area (Å²) in [6, 6.07) is 1.25. The van der Waals surface area contributed by atoms with Crippen molar-refractivity contribution in [3.05, 3.63) is 26.9 Å². The maximum atomic E-state index is 12.8. The normalized spacial score (nSPS) is 20.0. The highest BCUT2D eigenvalue weighted by Crippen LogP contribution is 2.37. The molecule has 1 aliphatic rings. The Labute approximate surface area is 121 Å². The number of hydrogen-bond donors (Lipinski definition) is 0. The van der Waals surface area contributed by atoms with E-state index >= 15 is 0 Å². The Morgan fingerprint density at radius 1 is 1.50 bits per heavy atom. The molecular formula is C11H11BrF3N3O2. The van der Waals surface area contributed by atoms with Crippen LogP contribution >= 0.6 is 15.9 Å². The van der Waals surface area contributed by atoms with Gasteiger partial charge in [0.25, 0.3) is 0 Å². The zero-order valence-electron chi connectivity index (χ0n) is 10.2. The third-order valence-corrected chi connectivity index (χ3v) is 3.63. The lowest BCUT2D eigenvalue weighted by Gasteiger charge is -2.34. The topological polar surface area (TPSA) is 59.3 Å². The van der Waals surface area contributed by atoms with Crippen LogP contribution in [0.3, 0.4) is 0 Å². The molecule has 0 spiro atoms. The van der Waals surface area contributed by atoms with E-state index in [1.54, 1.807) is 0 Å². The van der Waals surface area contributed by atoms with Crippen molar-refractivity contribution >= 4 is 27.4 Å². The lowest BCUT2D eigenvalue weighted by Crippen LogP contribution is -2.42. The first-order valence-electron chi connectivity index (χ1n) is 5.90. The van der Waals surface area contributed by atoms with Crippen molar-refractivity contribution in [2.24, 2.45) is 5.92 Å². The number of piperidine rings is 1. The molecule has 2 rings (SSSR count). The van der Waals surface area contributed by atoms with Gasteiger partial charge in [-0.15, -0.1) is 0 Å². The van der Waals surface area contributed by atoms with Gasteiger partial charge < -0.3 is 4.90 Å². The number of nitrogens with zero attached hydrogens (tertiary/aromatic N) is 3. The number of anilines is 1. The molecule has 5 nitrogen and oxygen atoms in total. The Bertz CT molecular complexity index is 524. The average Bonchev–Trinajstić information content (AvgIpc) is 2.37. The van der Waals surface area contributed by atoms with Crippen LogP contribution in [-0.2, 0) is 0 Å². The van der Waals surface area contributed by atoms with Crippen molar-refractivity contribution in [1.82, 2.24) is 4.98 Å². The summed E-state index contributed by atoms with van der Waals surface area (Å²) >= 11 is 3.07. The molecule has 0 radical (unpaired) electrons. The fourth-order valence-electron chi connectivity index (χ4n) is 2.24. The largest absolute Gasteiger partial charge is 0.393 e. The zero-order valence-corrected chi connectivity index (χ0v) is 11.8. The maximum absolute atomic E-state index is 12.8. The monoisotopic (exact) mass is 353 g/mol. The van der Waals surface area contributed by atoms with Crippen molar-refractivity contribution in [2.45, 2.75) is 19.0 Å². The minimum absolute atomic E-state index is 0.00727. The van der Waals surface area contributed by atoms with Crippen molar-refractivity contribution in [3.63, 3.8) is 0 Å². The molecule has 1 aromatic rings. The van der Waals surface area contributed by atoms with E-state index in [2.05, 4.69) is 20.9 Å². The van der Waals surface area contributed by atoms with Crippen LogP contribution in [-0.4, -0.2) is 29.2 Å². The first kappa shape index (κ1) is 15.0. The predicted molar refractivity (Wildman–Crippen MR) is 69.6 cm³/mol. The minimum Gasteiger partial charge on any atom is -0.350 e. The molecular weight excluding hydrogens is 343 g/mol. The number of rotatable bonds is 2. The second-order valence-corrected chi connectivity index (χ2v) is 5.50. The van der Waals surface area contributed by atoms with E-state index in [0.29, 0.717) is 17.4 Å². The summed E-state index contributed by atoms with van der Waals surface area (Å²) < 4.78 is 38.7. The molecule has 0 saturated carbocycles. The molecule has 1 aliphatic heterocycles.